The average molecular weight is 582 g/mol. The normalized spacial score (nSPS) is 24.1. The van der Waals surface area contributed by atoms with E-state index in [0.29, 0.717) is 37.0 Å². The third-order valence-electron chi connectivity index (χ3n) is 8.12. The predicted molar refractivity (Wildman–Crippen MR) is 157 cm³/mol. The molecule has 6 atom stereocenters. The van der Waals surface area contributed by atoms with Gasteiger partial charge in [-0.25, -0.2) is 0 Å². The van der Waals surface area contributed by atoms with E-state index in [1.165, 1.54) is 6.08 Å². The molecule has 0 bridgehead atoms. The van der Waals surface area contributed by atoms with Crippen molar-refractivity contribution in [1.29, 1.82) is 0 Å². The lowest BCUT2D eigenvalue weighted by molar-refractivity contribution is -0.158. The van der Waals surface area contributed by atoms with Gasteiger partial charge in [-0.3, -0.25) is 19.2 Å². The van der Waals surface area contributed by atoms with Gasteiger partial charge in [0, 0.05) is 24.7 Å². The number of allylic oxidation sites excluding steroid dienone is 1. The Morgan fingerprint density at radius 3 is 2.62 bits per heavy atom. The second-order valence-electron chi connectivity index (χ2n) is 11.2. The second-order valence-corrected chi connectivity index (χ2v) is 11.2. The maximum Gasteiger partial charge on any atom is 0.308 e. The molecule has 0 amide bonds. The first-order valence-corrected chi connectivity index (χ1v) is 14.8. The van der Waals surface area contributed by atoms with Crippen molar-refractivity contribution in [2.45, 2.75) is 84.5 Å². The van der Waals surface area contributed by atoms with Crippen molar-refractivity contribution >= 4 is 29.2 Å². The van der Waals surface area contributed by atoms with Crippen LogP contribution in [0, 0.1) is 23.7 Å². The zero-order valence-electron chi connectivity index (χ0n) is 24.8. The van der Waals surface area contributed by atoms with Gasteiger partial charge in [0.05, 0.1) is 24.2 Å². The molecule has 1 aromatic rings. The van der Waals surface area contributed by atoms with Crippen LogP contribution in [0.4, 0.5) is 0 Å². The van der Waals surface area contributed by atoms with E-state index in [-0.39, 0.29) is 67.8 Å². The predicted octanol–water partition coefficient (Wildman–Crippen LogP) is 4.91. The number of nitrogens with zero attached hydrogens (tertiary/aromatic N) is 1. The van der Waals surface area contributed by atoms with Crippen LogP contribution in [0.5, 0.6) is 0 Å². The SMILES string of the molecule is C=CCOC(=O)CC(O)CC(=O)CCC1C(C)C(=O)C=C2C(=NOCc3ccccc3)CCC(OC(=O)C(C)CC)C21. The highest BCUT2D eigenvalue weighted by Crippen LogP contribution is 2.44. The third-order valence-corrected chi connectivity index (χ3v) is 8.12. The van der Waals surface area contributed by atoms with Gasteiger partial charge in [0.1, 0.15) is 25.1 Å². The van der Waals surface area contributed by atoms with Crippen molar-refractivity contribution in [3.8, 4) is 0 Å². The zero-order valence-corrected chi connectivity index (χ0v) is 24.8. The smallest absolute Gasteiger partial charge is 0.308 e. The van der Waals surface area contributed by atoms with Crippen LogP contribution in [0.25, 0.3) is 0 Å². The van der Waals surface area contributed by atoms with Crippen LogP contribution < -0.4 is 0 Å². The zero-order chi connectivity index (χ0) is 30.6. The Labute approximate surface area is 248 Å². The Bertz CT molecular complexity index is 1170. The van der Waals surface area contributed by atoms with Crippen molar-refractivity contribution in [1.82, 2.24) is 0 Å². The number of hydrogen-bond donors (Lipinski definition) is 1. The summed E-state index contributed by atoms with van der Waals surface area (Å²) in [5.74, 6) is -2.47. The molecule has 1 fully saturated rings. The minimum atomic E-state index is -1.16. The van der Waals surface area contributed by atoms with Crippen LogP contribution in [-0.2, 0) is 40.1 Å². The van der Waals surface area contributed by atoms with E-state index in [0.717, 1.165) is 5.56 Å². The highest BCUT2D eigenvalue weighted by Gasteiger charge is 2.46. The Morgan fingerprint density at radius 2 is 1.93 bits per heavy atom. The molecule has 2 aliphatic rings. The van der Waals surface area contributed by atoms with Crippen molar-refractivity contribution in [3.63, 3.8) is 0 Å². The first-order valence-electron chi connectivity index (χ1n) is 14.8. The minimum Gasteiger partial charge on any atom is -0.461 e. The number of oxime groups is 1. The van der Waals surface area contributed by atoms with Crippen LogP contribution >= 0.6 is 0 Å². The number of fused-ring (bicyclic) bond motifs is 1. The van der Waals surface area contributed by atoms with Crippen molar-refractivity contribution in [3.05, 3.63) is 60.2 Å². The fourth-order valence-electron chi connectivity index (χ4n) is 5.51. The molecule has 1 saturated carbocycles. The molecule has 9 heteroatoms. The van der Waals surface area contributed by atoms with Gasteiger partial charge in [-0.2, -0.15) is 0 Å². The van der Waals surface area contributed by atoms with Crippen LogP contribution in [0.15, 0.2) is 59.8 Å². The fraction of sp³-hybridized carbons (Fsp3) is 0.545. The number of esters is 2. The number of ether oxygens (including phenoxy) is 2. The summed E-state index contributed by atoms with van der Waals surface area (Å²) in [6.45, 7) is 9.37. The highest BCUT2D eigenvalue weighted by molar-refractivity contribution is 6.08. The molecule has 0 heterocycles. The van der Waals surface area contributed by atoms with Crippen LogP contribution in [0.1, 0.15) is 71.3 Å². The third kappa shape index (κ3) is 9.21. The molecule has 0 radical (unpaired) electrons. The molecule has 9 nitrogen and oxygen atoms in total. The van der Waals surface area contributed by atoms with Gasteiger partial charge in [0.25, 0.3) is 0 Å². The first-order chi connectivity index (χ1) is 20.1. The maximum atomic E-state index is 13.2. The summed E-state index contributed by atoms with van der Waals surface area (Å²) in [7, 11) is 0. The molecule has 42 heavy (non-hydrogen) atoms. The lowest BCUT2D eigenvalue weighted by Gasteiger charge is -2.43. The van der Waals surface area contributed by atoms with E-state index in [2.05, 4.69) is 11.7 Å². The Kier molecular flexibility index (Phi) is 12.7. The maximum absolute atomic E-state index is 13.2. The van der Waals surface area contributed by atoms with E-state index >= 15 is 0 Å². The number of Topliss-reactive ketones (excluding diaryl/α,β-unsaturated/α-hetero) is 1. The van der Waals surface area contributed by atoms with Crippen molar-refractivity contribution < 1.29 is 38.6 Å². The Balaban J connectivity index is 1.77. The lowest BCUT2D eigenvalue weighted by Crippen LogP contribution is -2.46. The topological polar surface area (TPSA) is 129 Å². The molecular formula is C33H43NO8. The molecule has 2 aliphatic carbocycles. The molecule has 1 N–H and O–H groups in total. The number of rotatable bonds is 15. The number of carbonyl (C=O) groups is 4. The highest BCUT2D eigenvalue weighted by atomic mass is 16.6. The molecule has 0 aliphatic heterocycles. The fourth-order valence-corrected chi connectivity index (χ4v) is 5.51. The summed E-state index contributed by atoms with van der Waals surface area (Å²) in [6, 6.07) is 9.64. The number of ketones is 2. The minimum absolute atomic E-state index is 0.0374. The number of aliphatic hydroxyl groups is 1. The molecule has 0 spiro atoms. The summed E-state index contributed by atoms with van der Waals surface area (Å²) < 4.78 is 10.9. The van der Waals surface area contributed by atoms with Crippen LogP contribution in [0.2, 0.25) is 0 Å². The summed E-state index contributed by atoms with van der Waals surface area (Å²) in [5, 5.41) is 14.6. The molecule has 0 saturated heterocycles. The summed E-state index contributed by atoms with van der Waals surface area (Å²) in [6.07, 6.45) is 3.03. The molecule has 0 aromatic heterocycles. The Hall–Kier alpha value is -3.59. The quantitative estimate of drug-likeness (QED) is 0.176. The average Bonchev–Trinajstić information content (AvgIpc) is 2.97. The summed E-state index contributed by atoms with van der Waals surface area (Å²) in [5.41, 5.74) is 2.31. The summed E-state index contributed by atoms with van der Waals surface area (Å²) in [4.78, 5) is 56.2. The number of aliphatic hydroxyl groups excluding tert-OH is 1. The van der Waals surface area contributed by atoms with Gasteiger partial charge in [0.2, 0.25) is 0 Å². The van der Waals surface area contributed by atoms with Crippen molar-refractivity contribution in [2.75, 3.05) is 6.61 Å². The van der Waals surface area contributed by atoms with Gasteiger partial charge in [-0.05, 0) is 48.8 Å². The van der Waals surface area contributed by atoms with E-state index in [9.17, 15) is 24.3 Å². The van der Waals surface area contributed by atoms with Gasteiger partial charge in [0.15, 0.2) is 5.78 Å². The van der Waals surface area contributed by atoms with E-state index in [1.807, 2.05) is 51.1 Å². The molecule has 1 aromatic carbocycles. The monoisotopic (exact) mass is 581 g/mol. The van der Waals surface area contributed by atoms with E-state index < -0.39 is 24.1 Å². The molecule has 3 rings (SSSR count). The van der Waals surface area contributed by atoms with E-state index in [1.54, 1.807) is 6.08 Å². The second kappa shape index (κ2) is 16.2. The number of benzene rings is 1. The van der Waals surface area contributed by atoms with Crippen LogP contribution in [0.3, 0.4) is 0 Å². The van der Waals surface area contributed by atoms with Gasteiger partial charge < -0.3 is 19.4 Å². The van der Waals surface area contributed by atoms with Crippen LogP contribution in [-0.4, -0.2) is 53.1 Å². The largest absolute Gasteiger partial charge is 0.461 e. The summed E-state index contributed by atoms with van der Waals surface area (Å²) >= 11 is 0. The van der Waals surface area contributed by atoms with Gasteiger partial charge in [-0.1, -0.05) is 68.9 Å². The molecule has 6 unspecified atom stereocenters. The standard InChI is InChI=1S/C33H43NO8/c1-5-16-40-31(38)18-25(36)17-24(35)12-13-26-22(4)29(37)19-27-28(34-41-20-23-10-8-7-9-11-23)14-15-30(32(26)27)42-33(39)21(3)6-2/h5,7-11,19,21-22,25-26,30,32,36H,1,6,12-18,20H2,2-4H3. The Morgan fingerprint density at radius 1 is 1.19 bits per heavy atom. The lowest BCUT2D eigenvalue weighted by atomic mass is 9.63. The van der Waals surface area contributed by atoms with Gasteiger partial charge >= 0.3 is 11.9 Å². The van der Waals surface area contributed by atoms with E-state index in [4.69, 9.17) is 14.3 Å². The number of carbonyl (C=O) groups excluding carboxylic acids is 4. The van der Waals surface area contributed by atoms with Crippen molar-refractivity contribution in [2.24, 2.45) is 28.8 Å². The number of hydrogen-bond acceptors (Lipinski definition) is 9. The first kappa shape index (κ1) is 32.9. The van der Waals surface area contributed by atoms with Gasteiger partial charge in [-0.15, -0.1) is 0 Å². The molecule has 228 valence electrons. The molecular weight excluding hydrogens is 538 g/mol.